The molecule has 0 radical (unpaired) electrons. The normalized spacial score (nSPS) is 10.9. The van der Waals surface area contributed by atoms with Crippen molar-refractivity contribution in [3.63, 3.8) is 0 Å². The molecule has 0 aliphatic heterocycles. The standard InChI is InChI=1S/C66H20O5/c1-6-8-10-12-14-16-18-20-22-23-26-30-34-38-42-46-50-61(67)51-47-43-39-35-31-27-24-25-29-33-37-41-45-49-53-70-66-59(4)56-62(54-58(3)55-63-64(65(66)68)60(5)57-71-63)69-52-48-44-40-36-32-28-21-19-17-15-13-11-9-7-2/h1-2,54,57,59,62,66H,55-56H2,3-5H3. The van der Waals surface area contributed by atoms with Crippen LogP contribution in [0.2, 0.25) is 0 Å². The number of carbonyl (C=O) groups is 2. The first-order valence-electron chi connectivity index (χ1n) is 19.4. The van der Waals surface area contributed by atoms with Crippen molar-refractivity contribution in [2.75, 3.05) is 0 Å². The van der Waals surface area contributed by atoms with Crippen molar-refractivity contribution in [1.29, 1.82) is 0 Å². The lowest BCUT2D eigenvalue weighted by atomic mass is 9.87. The van der Waals surface area contributed by atoms with Crippen molar-refractivity contribution in [2.45, 2.75) is 45.8 Å². The number of fused-ring (bicyclic) bond motifs is 1. The Hall–Kier alpha value is -13.0. The monoisotopic (exact) mass is 892 g/mol. The van der Waals surface area contributed by atoms with Crippen molar-refractivity contribution in [3.05, 3.63) is 34.8 Å². The fourth-order valence-electron chi connectivity index (χ4n) is 4.45. The smallest absolute Gasteiger partial charge is 0.281 e. The van der Waals surface area contributed by atoms with E-state index in [1.54, 1.807) is 6.92 Å². The maximum Gasteiger partial charge on any atom is 0.281 e. The molecule has 0 saturated heterocycles. The number of hydrogen-bond acceptors (Lipinski definition) is 5. The molecule has 71 heavy (non-hydrogen) atoms. The molecule has 314 valence electrons. The highest BCUT2D eigenvalue weighted by atomic mass is 16.5. The summed E-state index contributed by atoms with van der Waals surface area (Å²) < 4.78 is 17.4. The number of aryl methyl sites for hydroxylation is 1. The Morgan fingerprint density at radius 1 is 0.493 bits per heavy atom. The summed E-state index contributed by atoms with van der Waals surface area (Å²) in [6, 6.07) is 0. The maximum atomic E-state index is 13.8. The van der Waals surface area contributed by atoms with Crippen LogP contribution in [0, 0.1) is 310 Å². The second-order valence-electron chi connectivity index (χ2n) is 12.0. The highest BCUT2D eigenvalue weighted by Gasteiger charge is 2.34. The Labute approximate surface area is 417 Å². The molecule has 1 heterocycles. The minimum absolute atomic E-state index is 0.282. The van der Waals surface area contributed by atoms with Crippen molar-refractivity contribution < 1.29 is 23.5 Å². The molecule has 0 aromatic carbocycles. The van der Waals surface area contributed by atoms with Gasteiger partial charge < -0.3 is 13.9 Å². The number of hydrogen-bond donors (Lipinski definition) is 0. The van der Waals surface area contributed by atoms with Crippen LogP contribution in [-0.4, -0.2) is 23.8 Å². The molecule has 3 atom stereocenters. The molecular formula is C66H20O5. The summed E-state index contributed by atoms with van der Waals surface area (Å²) in [5.74, 6) is 111. The minimum atomic E-state index is -0.979. The van der Waals surface area contributed by atoms with Gasteiger partial charge in [-0.3, -0.25) is 9.59 Å². The third-order valence-electron chi connectivity index (χ3n) is 7.02. The molecule has 3 unspecified atom stereocenters. The number of rotatable bonds is 2. The lowest BCUT2D eigenvalue weighted by Crippen LogP contribution is -2.33. The first-order valence-corrected chi connectivity index (χ1v) is 19.4. The van der Waals surface area contributed by atoms with Crippen LogP contribution in [0.4, 0.5) is 0 Å². The lowest BCUT2D eigenvalue weighted by Gasteiger charge is -2.25. The van der Waals surface area contributed by atoms with E-state index in [1.807, 2.05) is 19.9 Å². The van der Waals surface area contributed by atoms with Crippen molar-refractivity contribution in [1.82, 2.24) is 0 Å². The second-order valence-corrected chi connectivity index (χ2v) is 12.0. The number of furan rings is 1. The van der Waals surface area contributed by atoms with Gasteiger partial charge in [-0.05, 0) is 221 Å². The van der Waals surface area contributed by atoms with Gasteiger partial charge >= 0.3 is 0 Å². The highest BCUT2D eigenvalue weighted by molar-refractivity contribution is 6.09. The summed E-state index contributed by atoms with van der Waals surface area (Å²) in [7, 11) is 0. The third-order valence-corrected chi connectivity index (χ3v) is 7.02. The second kappa shape index (κ2) is 37.5. The van der Waals surface area contributed by atoms with E-state index in [1.165, 1.54) is 6.26 Å². The zero-order chi connectivity index (χ0) is 51.1. The fourth-order valence-corrected chi connectivity index (χ4v) is 4.45. The number of ketones is 2. The average Bonchev–Trinajstić information content (AvgIpc) is 3.72. The van der Waals surface area contributed by atoms with E-state index in [2.05, 4.69) is 285 Å². The number of Topliss-reactive ketones (excluding diaryl/α,β-unsaturated/α-hetero) is 2. The van der Waals surface area contributed by atoms with Gasteiger partial charge in [0.1, 0.15) is 24.1 Å². The van der Waals surface area contributed by atoms with Gasteiger partial charge in [-0.1, -0.05) is 12.5 Å². The SMILES string of the molecule is C#CC#CC#CC#CC#CC#CC#CC#CC#CC(=O)C#CC#CC#CC#CC#CC#CC#CC#COC1C(=O)c2c(C)coc2CC(C)=CC(OC#CC#CC#CC#CC#CC#CC#CC#C)CC1C. The minimum Gasteiger partial charge on any atom is -0.468 e. The molecule has 2 rings (SSSR count). The number of ether oxygens (including phenoxy) is 2. The molecule has 0 fully saturated rings. The first-order chi connectivity index (χ1) is 34.9. The van der Waals surface area contributed by atoms with E-state index < -0.39 is 18.0 Å². The van der Waals surface area contributed by atoms with Gasteiger partial charge in [-0.2, -0.15) is 0 Å². The van der Waals surface area contributed by atoms with Crippen LogP contribution in [0.5, 0.6) is 0 Å². The summed E-state index contributed by atoms with van der Waals surface area (Å²) in [6.45, 7) is 5.56. The van der Waals surface area contributed by atoms with Crippen LogP contribution < -0.4 is 0 Å². The molecule has 1 aliphatic rings. The van der Waals surface area contributed by atoms with Gasteiger partial charge in [0.25, 0.3) is 5.78 Å². The van der Waals surface area contributed by atoms with Gasteiger partial charge in [0, 0.05) is 95.2 Å². The highest BCUT2D eigenvalue weighted by Crippen LogP contribution is 2.28. The topological polar surface area (TPSA) is 65.7 Å². The van der Waals surface area contributed by atoms with Crippen LogP contribution in [0.15, 0.2) is 22.3 Å². The molecular weight excluding hydrogens is 873 g/mol. The molecule has 1 aliphatic carbocycles. The zero-order valence-corrected chi connectivity index (χ0v) is 37.5. The Balaban J connectivity index is 1.96. The molecule has 0 bridgehead atoms. The van der Waals surface area contributed by atoms with E-state index in [4.69, 9.17) is 26.7 Å². The first kappa shape index (κ1) is 54.1. The van der Waals surface area contributed by atoms with Crippen LogP contribution in [0.3, 0.4) is 0 Å². The molecule has 1 aromatic rings. The number of allylic oxidation sites excluding steroid dienone is 1. The van der Waals surface area contributed by atoms with E-state index in [-0.39, 0.29) is 11.7 Å². The molecule has 1 aromatic heterocycles. The Morgan fingerprint density at radius 3 is 1.18 bits per heavy atom. The Kier molecular flexibility index (Phi) is 28.6. The summed E-state index contributed by atoms with van der Waals surface area (Å²) in [6.07, 6.45) is 17.7. The lowest BCUT2D eigenvalue weighted by molar-refractivity contribution is -0.108. The maximum absolute atomic E-state index is 13.8. The Bertz CT molecular complexity index is 4090. The van der Waals surface area contributed by atoms with Crippen LogP contribution in [0.25, 0.3) is 0 Å². The zero-order valence-electron chi connectivity index (χ0n) is 37.5. The molecule has 5 heteroatoms. The van der Waals surface area contributed by atoms with E-state index >= 15 is 0 Å². The molecule has 0 spiro atoms. The van der Waals surface area contributed by atoms with E-state index in [0.717, 1.165) is 5.57 Å². The molecule has 0 N–H and O–H groups in total. The van der Waals surface area contributed by atoms with Crippen molar-refractivity contribution in [2.24, 2.45) is 5.92 Å². The number of terminal acetylenes is 2. The number of carbonyl (C=O) groups excluding carboxylic acids is 2. The van der Waals surface area contributed by atoms with Crippen molar-refractivity contribution >= 4 is 11.6 Å². The van der Waals surface area contributed by atoms with E-state index in [0.29, 0.717) is 29.7 Å². The summed E-state index contributed by atoms with van der Waals surface area (Å²) in [5, 5.41) is 0. The summed E-state index contributed by atoms with van der Waals surface area (Å²) in [4.78, 5) is 25.5. The summed E-state index contributed by atoms with van der Waals surface area (Å²) >= 11 is 0. The van der Waals surface area contributed by atoms with Gasteiger partial charge in [-0.25, -0.2) is 0 Å². The quantitative estimate of drug-likeness (QED) is 0.260. The van der Waals surface area contributed by atoms with Gasteiger partial charge in [0.2, 0.25) is 5.78 Å². The van der Waals surface area contributed by atoms with Crippen LogP contribution in [-0.2, 0) is 20.7 Å². The molecule has 0 saturated carbocycles. The van der Waals surface area contributed by atoms with Crippen molar-refractivity contribution in [3.8, 4) is 297 Å². The van der Waals surface area contributed by atoms with Gasteiger partial charge in [-0.15, -0.1) is 12.8 Å². The Morgan fingerprint density at radius 2 is 0.817 bits per heavy atom. The predicted molar refractivity (Wildman–Crippen MR) is 270 cm³/mol. The van der Waals surface area contributed by atoms with Crippen LogP contribution >= 0.6 is 0 Å². The van der Waals surface area contributed by atoms with Gasteiger partial charge in [0.15, 0.2) is 6.10 Å². The largest absolute Gasteiger partial charge is 0.468 e. The summed E-state index contributed by atoms with van der Waals surface area (Å²) in [5.41, 5.74) is 2.05. The fraction of sp³-hybridized carbons (Fsp3) is 0.121. The van der Waals surface area contributed by atoms with Gasteiger partial charge in [0.05, 0.1) is 11.8 Å². The molecule has 0 amide bonds. The average molecular weight is 893 g/mol. The predicted octanol–water partition coefficient (Wildman–Crippen LogP) is 2.90. The van der Waals surface area contributed by atoms with Crippen LogP contribution in [0.1, 0.15) is 41.9 Å². The molecule has 5 nitrogen and oxygen atoms in total. The third kappa shape index (κ3) is 27.6. The van der Waals surface area contributed by atoms with E-state index in [9.17, 15) is 9.59 Å².